The number of hydrogen-bond acceptors (Lipinski definition) is 9. The van der Waals surface area contributed by atoms with Gasteiger partial charge in [0.05, 0.1) is 29.5 Å². The number of carbonyl (C=O) groups is 2. The number of rotatable bonds is 5. The molecule has 2 aromatic rings. The van der Waals surface area contributed by atoms with Crippen LogP contribution in [-0.4, -0.2) is 66.5 Å². The molecule has 2 N–H and O–H groups in total. The number of carbonyl (C=O) groups excluding carboxylic acids is 2. The van der Waals surface area contributed by atoms with Gasteiger partial charge in [0, 0.05) is 25.0 Å². The molecule has 0 bridgehead atoms. The molecule has 0 aliphatic carbocycles. The number of nitrogens with one attached hydrogen (secondary N) is 2. The Balaban J connectivity index is 1.48. The predicted octanol–water partition coefficient (Wildman–Crippen LogP) is 1.12. The molecule has 1 aliphatic heterocycles. The summed E-state index contributed by atoms with van der Waals surface area (Å²) in [7, 11) is 0. The van der Waals surface area contributed by atoms with Gasteiger partial charge in [-0.25, -0.2) is 15.2 Å². The van der Waals surface area contributed by atoms with E-state index >= 15 is 0 Å². The summed E-state index contributed by atoms with van der Waals surface area (Å²) in [6, 6.07) is 0. The van der Waals surface area contributed by atoms with E-state index in [0.717, 1.165) is 18.1 Å². The van der Waals surface area contributed by atoms with Gasteiger partial charge in [-0.3, -0.25) is 15.1 Å². The molecule has 2 amide bonds. The van der Waals surface area contributed by atoms with Crippen molar-refractivity contribution in [2.24, 2.45) is 0 Å². The molecular formula is C16H21N5O5S. The number of hydrogen-bond donors (Lipinski definition) is 2. The molecule has 1 saturated heterocycles. The molecule has 1 fully saturated rings. The van der Waals surface area contributed by atoms with E-state index < -0.39 is 12.0 Å². The van der Waals surface area contributed by atoms with Crippen LogP contribution in [0.15, 0.2) is 9.90 Å². The van der Waals surface area contributed by atoms with Crippen LogP contribution in [0.2, 0.25) is 0 Å². The number of aryl methyl sites for hydroxylation is 2. The Kier molecular flexibility index (Phi) is 6.37. The molecule has 0 spiro atoms. The van der Waals surface area contributed by atoms with Crippen molar-refractivity contribution in [3.05, 3.63) is 21.8 Å². The van der Waals surface area contributed by atoms with Crippen LogP contribution >= 0.6 is 11.3 Å². The average molecular weight is 395 g/mol. The second kappa shape index (κ2) is 8.93. The van der Waals surface area contributed by atoms with Gasteiger partial charge in [0.15, 0.2) is 5.69 Å². The molecule has 0 unspecified atom stereocenters. The van der Waals surface area contributed by atoms with Gasteiger partial charge >= 0.3 is 6.09 Å². The highest BCUT2D eigenvalue weighted by Gasteiger charge is 2.23. The molecule has 0 atom stereocenters. The van der Waals surface area contributed by atoms with Crippen molar-refractivity contribution in [1.29, 1.82) is 0 Å². The van der Waals surface area contributed by atoms with E-state index in [1.807, 2.05) is 12.3 Å². The minimum Gasteiger partial charge on any atom is -0.447 e. The van der Waals surface area contributed by atoms with Crippen LogP contribution in [0.4, 0.5) is 4.79 Å². The predicted molar refractivity (Wildman–Crippen MR) is 96.3 cm³/mol. The van der Waals surface area contributed by atoms with Crippen molar-refractivity contribution < 1.29 is 23.6 Å². The largest absolute Gasteiger partial charge is 0.447 e. The minimum absolute atomic E-state index is 0.0476. The van der Waals surface area contributed by atoms with Gasteiger partial charge < -0.3 is 14.0 Å². The normalized spacial score (nSPS) is 14.7. The Morgan fingerprint density at radius 2 is 2.07 bits per heavy atom. The molecule has 0 saturated carbocycles. The molecule has 11 heteroatoms. The topological polar surface area (TPSA) is 119 Å². The average Bonchev–Trinajstić information content (AvgIpc) is 3.26. The lowest BCUT2D eigenvalue weighted by molar-refractivity contribution is 0.0278. The number of aromatic nitrogens is 2. The second-order valence-corrected chi connectivity index (χ2v) is 6.95. The van der Waals surface area contributed by atoms with E-state index in [2.05, 4.69) is 25.9 Å². The number of ether oxygens (including phenoxy) is 2. The lowest BCUT2D eigenvalue weighted by Crippen LogP contribution is -2.43. The van der Waals surface area contributed by atoms with E-state index in [-0.39, 0.29) is 12.3 Å². The molecule has 3 rings (SSSR count). The van der Waals surface area contributed by atoms with Crippen LogP contribution in [0.5, 0.6) is 0 Å². The number of nitrogens with zero attached hydrogens (tertiary/aromatic N) is 3. The van der Waals surface area contributed by atoms with Gasteiger partial charge in [0.2, 0.25) is 0 Å². The summed E-state index contributed by atoms with van der Waals surface area (Å²) in [6.07, 6.45) is -0.747. The molecule has 0 radical (unpaired) electrons. The fourth-order valence-electron chi connectivity index (χ4n) is 2.60. The first kappa shape index (κ1) is 19.3. The zero-order valence-electron chi connectivity index (χ0n) is 15.1. The molecule has 0 aromatic carbocycles. The third-order valence-corrected chi connectivity index (χ3v) is 4.75. The van der Waals surface area contributed by atoms with Crippen molar-refractivity contribution in [3.8, 4) is 11.3 Å². The van der Waals surface area contributed by atoms with Crippen molar-refractivity contribution in [2.45, 2.75) is 13.8 Å². The fourth-order valence-corrected chi connectivity index (χ4v) is 3.21. The van der Waals surface area contributed by atoms with Crippen molar-refractivity contribution in [1.82, 2.24) is 25.9 Å². The van der Waals surface area contributed by atoms with E-state index in [1.165, 1.54) is 11.3 Å². The van der Waals surface area contributed by atoms with Gasteiger partial charge in [-0.05, 0) is 13.8 Å². The number of thiazole rings is 1. The zero-order chi connectivity index (χ0) is 19.2. The number of morpholine rings is 1. The van der Waals surface area contributed by atoms with Gasteiger partial charge in [-0.15, -0.1) is 11.3 Å². The van der Waals surface area contributed by atoms with Gasteiger partial charge in [-0.1, -0.05) is 5.16 Å². The van der Waals surface area contributed by atoms with Crippen LogP contribution in [0.3, 0.4) is 0 Å². The summed E-state index contributed by atoms with van der Waals surface area (Å²) >= 11 is 1.46. The molecule has 10 nitrogen and oxygen atoms in total. The standard InChI is InChI=1S/C16H21N5O5S/c1-10-13(12-9-27-11(2)17-12)14(20-26-10)15(22)18-19-16(23)25-8-5-21-3-6-24-7-4-21/h9H,3-8H2,1-2H3,(H,18,22)(H,19,23). The highest BCUT2D eigenvalue weighted by molar-refractivity contribution is 7.09. The maximum absolute atomic E-state index is 12.3. The second-order valence-electron chi connectivity index (χ2n) is 5.88. The first-order chi connectivity index (χ1) is 13.0. The molecule has 2 aromatic heterocycles. The van der Waals surface area contributed by atoms with Crippen molar-refractivity contribution in [2.75, 3.05) is 39.5 Å². The van der Waals surface area contributed by atoms with Gasteiger partial charge in [0.25, 0.3) is 5.91 Å². The van der Waals surface area contributed by atoms with Crippen LogP contribution in [0, 0.1) is 13.8 Å². The summed E-state index contributed by atoms with van der Waals surface area (Å²) in [5.74, 6) is -0.142. The molecule has 1 aliphatic rings. The first-order valence-corrected chi connectivity index (χ1v) is 9.34. The Bertz CT molecular complexity index is 799. The van der Waals surface area contributed by atoms with Crippen LogP contribution in [-0.2, 0) is 9.47 Å². The van der Waals surface area contributed by atoms with Crippen molar-refractivity contribution >= 4 is 23.3 Å². The van der Waals surface area contributed by atoms with Gasteiger partial charge in [-0.2, -0.15) is 0 Å². The summed E-state index contributed by atoms with van der Waals surface area (Å²) < 4.78 is 15.4. The lowest BCUT2D eigenvalue weighted by Gasteiger charge is -2.26. The maximum Gasteiger partial charge on any atom is 0.426 e. The Labute approximate surface area is 159 Å². The Hall–Kier alpha value is -2.50. The third kappa shape index (κ3) is 5.02. The maximum atomic E-state index is 12.3. The van der Waals surface area contributed by atoms with Crippen LogP contribution < -0.4 is 10.9 Å². The van der Waals surface area contributed by atoms with E-state index in [1.54, 1.807) is 6.92 Å². The van der Waals surface area contributed by atoms with E-state index in [0.29, 0.717) is 36.8 Å². The molecule has 27 heavy (non-hydrogen) atoms. The van der Waals surface area contributed by atoms with Crippen molar-refractivity contribution in [3.63, 3.8) is 0 Å². The molecule has 146 valence electrons. The smallest absolute Gasteiger partial charge is 0.426 e. The molecule has 3 heterocycles. The number of hydrazine groups is 1. The fraction of sp³-hybridized carbons (Fsp3) is 0.500. The summed E-state index contributed by atoms with van der Waals surface area (Å²) in [5.41, 5.74) is 5.63. The quantitative estimate of drug-likeness (QED) is 0.723. The Morgan fingerprint density at radius 1 is 1.30 bits per heavy atom. The zero-order valence-corrected chi connectivity index (χ0v) is 15.9. The minimum atomic E-state index is -0.747. The highest BCUT2D eigenvalue weighted by atomic mass is 32.1. The Morgan fingerprint density at radius 3 is 2.78 bits per heavy atom. The first-order valence-electron chi connectivity index (χ1n) is 8.46. The highest BCUT2D eigenvalue weighted by Crippen LogP contribution is 2.28. The lowest BCUT2D eigenvalue weighted by atomic mass is 10.1. The van der Waals surface area contributed by atoms with Crippen LogP contribution in [0.1, 0.15) is 21.3 Å². The van der Waals surface area contributed by atoms with Crippen LogP contribution in [0.25, 0.3) is 11.3 Å². The number of amides is 2. The third-order valence-electron chi connectivity index (χ3n) is 3.98. The summed E-state index contributed by atoms with van der Waals surface area (Å²) in [4.78, 5) is 30.6. The van der Waals surface area contributed by atoms with E-state index in [4.69, 9.17) is 14.0 Å². The van der Waals surface area contributed by atoms with E-state index in [9.17, 15) is 9.59 Å². The monoisotopic (exact) mass is 395 g/mol. The molecular weight excluding hydrogens is 374 g/mol. The summed E-state index contributed by atoms with van der Waals surface area (Å²) in [5, 5.41) is 6.45. The SMILES string of the molecule is Cc1nc(-c2c(C(=O)NNC(=O)OCCN3CCOCC3)noc2C)cs1. The van der Waals surface area contributed by atoms with Gasteiger partial charge in [0.1, 0.15) is 12.4 Å². The summed E-state index contributed by atoms with van der Waals surface area (Å²) in [6.45, 7) is 7.37.